The number of allylic oxidation sites excluding steroid dienone is 1. The average molecular weight is 551 g/mol. The Morgan fingerprint density at radius 3 is 2.34 bits per heavy atom. The fourth-order valence-electron chi connectivity index (χ4n) is 4.05. The van der Waals surface area contributed by atoms with Crippen molar-refractivity contribution in [3.05, 3.63) is 103 Å². The summed E-state index contributed by atoms with van der Waals surface area (Å²) in [5.41, 5.74) is 7.48. The minimum Gasteiger partial charge on any atom is -0.387 e. The van der Waals surface area contributed by atoms with Crippen LogP contribution < -0.4 is 26.6 Å². The van der Waals surface area contributed by atoms with Crippen LogP contribution in [-0.2, 0) is 0 Å². The highest BCUT2D eigenvalue weighted by atomic mass is 32.2. The van der Waals surface area contributed by atoms with E-state index in [2.05, 4.69) is 124 Å². The Hall–Kier alpha value is -2.62. The van der Waals surface area contributed by atoms with Crippen molar-refractivity contribution in [2.24, 2.45) is 0 Å². The maximum absolute atomic E-state index is 4.34. The number of anilines is 1. The summed E-state index contributed by atoms with van der Waals surface area (Å²) in [6.45, 7) is 26.6. The molecule has 0 bridgehead atoms. The third kappa shape index (κ3) is 11.4. The summed E-state index contributed by atoms with van der Waals surface area (Å²) >= 11 is 1.84. The number of benzene rings is 2. The van der Waals surface area contributed by atoms with Crippen molar-refractivity contribution in [2.75, 3.05) is 30.0 Å². The van der Waals surface area contributed by atoms with Gasteiger partial charge in [0.05, 0.1) is 6.04 Å². The molecular formula is C32H47N4PS. The summed E-state index contributed by atoms with van der Waals surface area (Å²) in [5, 5.41) is 15.4. The van der Waals surface area contributed by atoms with E-state index in [1.165, 1.54) is 10.9 Å². The molecule has 2 rings (SSSR count). The standard InChI is InChI=1S/C32H47N4PS/c1-9-29(36-26(6)28-13-11-12-23(3)20-28)15-14-24(4)35-32(27(7)33-10-2)22-38-21-25(5)34-30-16-18-31(37-8)19-17-30/h11-13,16-20,29,32-37H,4-7,9-10,14-15,21-22H2,1-3,8H3/t29-,32+/m1/s1. The first-order chi connectivity index (χ1) is 18.2. The van der Waals surface area contributed by atoms with Gasteiger partial charge in [0.25, 0.3) is 0 Å². The number of likely N-dealkylation sites (N-methyl/N-ethyl adjacent to an activating group) is 1. The van der Waals surface area contributed by atoms with E-state index in [1.807, 2.05) is 11.8 Å². The maximum Gasteiger partial charge on any atom is 0.0741 e. The second-order valence-corrected chi connectivity index (χ2v) is 11.7. The topological polar surface area (TPSA) is 48.1 Å². The van der Waals surface area contributed by atoms with Gasteiger partial charge in [0.2, 0.25) is 0 Å². The van der Waals surface area contributed by atoms with Crippen LogP contribution in [0.1, 0.15) is 44.2 Å². The number of hydrogen-bond acceptors (Lipinski definition) is 5. The number of rotatable bonds is 19. The van der Waals surface area contributed by atoms with Crippen molar-refractivity contribution in [3.8, 4) is 0 Å². The van der Waals surface area contributed by atoms with Gasteiger partial charge in [0.15, 0.2) is 0 Å². The predicted molar refractivity (Wildman–Crippen MR) is 176 cm³/mol. The van der Waals surface area contributed by atoms with E-state index in [1.54, 1.807) is 0 Å². The van der Waals surface area contributed by atoms with Crippen LogP contribution in [0.4, 0.5) is 5.69 Å². The van der Waals surface area contributed by atoms with Crippen molar-refractivity contribution in [2.45, 2.75) is 52.1 Å². The molecule has 3 atom stereocenters. The molecule has 0 radical (unpaired) electrons. The summed E-state index contributed by atoms with van der Waals surface area (Å²) in [4.78, 5) is 0. The Kier molecular flexibility index (Phi) is 14.2. The van der Waals surface area contributed by atoms with E-state index in [0.29, 0.717) is 6.04 Å². The molecule has 0 saturated heterocycles. The SMILES string of the molecule is C=C(CSC[C@H](NC(=C)CC[C@@H](CC)NC(=C)c1cccc(C)c1)C(=C)NCC)Nc1ccc(PC)cc1. The summed E-state index contributed by atoms with van der Waals surface area (Å²) in [5.74, 6) is 1.70. The van der Waals surface area contributed by atoms with Crippen molar-refractivity contribution >= 4 is 37.0 Å². The third-order valence-corrected chi connectivity index (χ3v) is 8.32. The Balaban J connectivity index is 1.83. The quantitative estimate of drug-likeness (QED) is 0.142. The largest absolute Gasteiger partial charge is 0.387 e. The molecule has 1 unspecified atom stereocenters. The lowest BCUT2D eigenvalue weighted by Gasteiger charge is -2.26. The number of thioether (sulfide) groups is 1. The van der Waals surface area contributed by atoms with Crippen LogP contribution in [0.15, 0.2) is 91.9 Å². The van der Waals surface area contributed by atoms with Crippen LogP contribution in [0, 0.1) is 6.92 Å². The number of nitrogens with one attached hydrogen (secondary N) is 4. The lowest BCUT2D eigenvalue weighted by molar-refractivity contribution is 0.518. The van der Waals surface area contributed by atoms with Gasteiger partial charge in [0.1, 0.15) is 0 Å². The minimum atomic E-state index is 0.0976. The van der Waals surface area contributed by atoms with Crippen LogP contribution in [-0.4, -0.2) is 36.8 Å². The van der Waals surface area contributed by atoms with Gasteiger partial charge in [-0.1, -0.05) is 77.7 Å². The molecule has 4 nitrogen and oxygen atoms in total. The molecule has 0 aliphatic carbocycles. The lowest BCUT2D eigenvalue weighted by atomic mass is 10.0. The third-order valence-electron chi connectivity index (χ3n) is 6.29. The second-order valence-electron chi connectivity index (χ2n) is 9.56. The molecule has 38 heavy (non-hydrogen) atoms. The molecule has 4 N–H and O–H groups in total. The van der Waals surface area contributed by atoms with E-state index in [4.69, 9.17) is 0 Å². The fraction of sp³-hybridized carbons (Fsp3) is 0.375. The summed E-state index contributed by atoms with van der Waals surface area (Å²) < 4.78 is 0. The average Bonchev–Trinajstić information content (AvgIpc) is 2.90. The molecule has 0 fully saturated rings. The van der Waals surface area contributed by atoms with Gasteiger partial charge in [-0.3, -0.25) is 0 Å². The summed E-state index contributed by atoms with van der Waals surface area (Å²) in [6, 6.07) is 17.5. The Labute approximate surface area is 237 Å². The zero-order chi connectivity index (χ0) is 27.9. The molecule has 206 valence electrons. The predicted octanol–water partition coefficient (Wildman–Crippen LogP) is 7.00. The molecule has 0 aliphatic rings. The van der Waals surface area contributed by atoms with Crippen LogP contribution in [0.25, 0.3) is 5.70 Å². The zero-order valence-electron chi connectivity index (χ0n) is 23.8. The van der Waals surface area contributed by atoms with Crippen LogP contribution in [0.3, 0.4) is 0 Å². The van der Waals surface area contributed by atoms with Crippen molar-refractivity contribution in [1.82, 2.24) is 16.0 Å². The minimum absolute atomic E-state index is 0.0976. The summed E-state index contributed by atoms with van der Waals surface area (Å²) in [6.07, 6.45) is 2.90. The molecule has 0 heterocycles. The normalized spacial score (nSPS) is 12.5. The molecule has 0 saturated carbocycles. The van der Waals surface area contributed by atoms with Gasteiger partial charge in [-0.05, 0) is 68.8 Å². The molecule has 2 aromatic carbocycles. The molecule has 0 aliphatic heterocycles. The van der Waals surface area contributed by atoms with Gasteiger partial charge in [-0.25, -0.2) is 0 Å². The first-order valence-electron chi connectivity index (χ1n) is 13.4. The van der Waals surface area contributed by atoms with E-state index in [-0.39, 0.29) is 6.04 Å². The highest BCUT2D eigenvalue weighted by Crippen LogP contribution is 2.18. The maximum atomic E-state index is 4.34. The first-order valence-corrected chi connectivity index (χ1v) is 16.1. The Bertz CT molecular complexity index is 1060. The highest BCUT2D eigenvalue weighted by molar-refractivity contribution is 7.99. The van der Waals surface area contributed by atoms with Crippen molar-refractivity contribution in [3.63, 3.8) is 0 Å². The van der Waals surface area contributed by atoms with Crippen LogP contribution in [0.2, 0.25) is 0 Å². The first kappa shape index (κ1) is 31.6. The van der Waals surface area contributed by atoms with Gasteiger partial charge < -0.3 is 21.3 Å². The van der Waals surface area contributed by atoms with Crippen molar-refractivity contribution < 1.29 is 0 Å². The summed E-state index contributed by atoms with van der Waals surface area (Å²) in [7, 11) is 0.814. The van der Waals surface area contributed by atoms with E-state index < -0.39 is 0 Å². The van der Waals surface area contributed by atoms with Gasteiger partial charge >= 0.3 is 0 Å². The van der Waals surface area contributed by atoms with Gasteiger partial charge in [0, 0.05) is 52.6 Å². The van der Waals surface area contributed by atoms with Gasteiger partial charge in [-0.2, -0.15) is 11.8 Å². The fourth-order valence-corrected chi connectivity index (χ4v) is 5.50. The molecule has 0 spiro atoms. The molecular weight excluding hydrogens is 503 g/mol. The number of aryl methyl sites for hydroxylation is 1. The van der Waals surface area contributed by atoms with Crippen LogP contribution in [0.5, 0.6) is 0 Å². The number of hydrogen-bond donors (Lipinski definition) is 4. The molecule has 2 aromatic rings. The lowest BCUT2D eigenvalue weighted by Crippen LogP contribution is -2.38. The van der Waals surface area contributed by atoms with E-state index >= 15 is 0 Å². The van der Waals surface area contributed by atoms with E-state index in [0.717, 1.165) is 79.9 Å². The van der Waals surface area contributed by atoms with Crippen molar-refractivity contribution in [1.29, 1.82) is 0 Å². The second kappa shape index (κ2) is 17.1. The zero-order valence-corrected chi connectivity index (χ0v) is 25.6. The molecule has 0 aromatic heterocycles. The van der Waals surface area contributed by atoms with E-state index in [9.17, 15) is 0 Å². The van der Waals surface area contributed by atoms with Crippen LogP contribution >= 0.6 is 20.3 Å². The highest BCUT2D eigenvalue weighted by Gasteiger charge is 2.15. The molecule has 0 amide bonds. The van der Waals surface area contributed by atoms with Gasteiger partial charge in [-0.15, -0.1) is 0 Å². The monoisotopic (exact) mass is 550 g/mol. The smallest absolute Gasteiger partial charge is 0.0741 e. The molecule has 6 heteroatoms. The Morgan fingerprint density at radius 1 is 0.974 bits per heavy atom. The Morgan fingerprint density at radius 2 is 1.71 bits per heavy atom.